The number of aryl methyl sites for hydroxylation is 1. The first kappa shape index (κ1) is 17.5. The molecule has 1 aromatic rings. The summed E-state index contributed by atoms with van der Waals surface area (Å²) in [7, 11) is 1.60. The second kappa shape index (κ2) is 8.63. The summed E-state index contributed by atoms with van der Waals surface area (Å²) in [5.41, 5.74) is 0. The van der Waals surface area contributed by atoms with Gasteiger partial charge in [-0.3, -0.25) is 4.79 Å². The van der Waals surface area contributed by atoms with Crippen LogP contribution in [-0.2, 0) is 16.0 Å². The van der Waals surface area contributed by atoms with Gasteiger partial charge in [-0.15, -0.1) is 11.3 Å². The van der Waals surface area contributed by atoms with Crippen molar-refractivity contribution in [1.29, 1.82) is 0 Å². The van der Waals surface area contributed by atoms with Crippen LogP contribution in [0.4, 0.5) is 0 Å². The Kier molecular flexibility index (Phi) is 7.18. The van der Waals surface area contributed by atoms with Crippen LogP contribution in [0.1, 0.15) is 34.8 Å². The van der Waals surface area contributed by atoms with Crippen molar-refractivity contribution in [2.24, 2.45) is 0 Å². The molecule has 2 N–H and O–H groups in total. The van der Waals surface area contributed by atoms with Crippen molar-refractivity contribution in [1.82, 2.24) is 5.32 Å². The minimum atomic E-state index is -1.04. The van der Waals surface area contributed by atoms with Gasteiger partial charge in [0.1, 0.15) is 5.75 Å². The molecule has 0 saturated heterocycles. The third-order valence-corrected chi connectivity index (χ3v) is 4.04. The zero-order valence-corrected chi connectivity index (χ0v) is 13.3. The van der Waals surface area contributed by atoms with Crippen LogP contribution in [0.2, 0.25) is 0 Å². The van der Waals surface area contributed by atoms with E-state index in [2.05, 4.69) is 5.32 Å². The van der Waals surface area contributed by atoms with E-state index in [1.165, 1.54) is 11.3 Å². The molecule has 0 spiro atoms. The average molecular weight is 315 g/mol. The molecule has 1 heterocycles. The molecule has 1 atom stereocenters. The minimum absolute atomic E-state index is 0.130. The van der Waals surface area contributed by atoms with Gasteiger partial charge in [0.05, 0.1) is 0 Å². The van der Waals surface area contributed by atoms with Gasteiger partial charge >= 0.3 is 5.97 Å². The number of rotatable bonds is 9. The Morgan fingerprint density at radius 1 is 1.48 bits per heavy atom. The number of aromatic carboxylic acids is 1. The van der Waals surface area contributed by atoms with Crippen LogP contribution < -0.4 is 10.1 Å². The summed E-state index contributed by atoms with van der Waals surface area (Å²) in [5.74, 6) is -1.06. The van der Waals surface area contributed by atoms with Crippen molar-refractivity contribution in [2.75, 3.05) is 20.3 Å². The molecular formula is C14H21NO5S. The van der Waals surface area contributed by atoms with Crippen molar-refractivity contribution in [3.05, 3.63) is 15.8 Å². The van der Waals surface area contributed by atoms with Crippen molar-refractivity contribution in [3.63, 3.8) is 0 Å². The van der Waals surface area contributed by atoms with E-state index in [0.29, 0.717) is 19.6 Å². The predicted octanol–water partition coefficient (Wildman–Crippen LogP) is 1.93. The van der Waals surface area contributed by atoms with Crippen LogP contribution >= 0.6 is 11.3 Å². The number of ether oxygens (including phenoxy) is 2. The maximum Gasteiger partial charge on any atom is 0.349 e. The van der Waals surface area contributed by atoms with Crippen molar-refractivity contribution < 1.29 is 24.2 Å². The molecule has 0 aliphatic carbocycles. The van der Waals surface area contributed by atoms with E-state index in [1.807, 2.05) is 6.92 Å². The number of carbonyl (C=O) groups excluding carboxylic acids is 1. The van der Waals surface area contributed by atoms with Crippen LogP contribution in [-0.4, -0.2) is 43.3 Å². The third kappa shape index (κ3) is 5.35. The predicted molar refractivity (Wildman–Crippen MR) is 80.2 cm³/mol. The van der Waals surface area contributed by atoms with Gasteiger partial charge in [0, 0.05) is 25.1 Å². The fourth-order valence-electron chi connectivity index (χ4n) is 1.65. The molecule has 0 fully saturated rings. The van der Waals surface area contributed by atoms with Crippen LogP contribution in [0.15, 0.2) is 6.07 Å². The lowest BCUT2D eigenvalue weighted by molar-refractivity contribution is -0.127. The Morgan fingerprint density at radius 3 is 2.76 bits per heavy atom. The molecule has 21 heavy (non-hydrogen) atoms. The van der Waals surface area contributed by atoms with Crippen LogP contribution in [0.5, 0.6) is 5.75 Å². The normalized spacial score (nSPS) is 12.0. The molecule has 0 radical (unpaired) electrons. The summed E-state index contributed by atoms with van der Waals surface area (Å²) in [6.07, 6.45) is 0.699. The smallest absolute Gasteiger partial charge is 0.349 e. The standard InChI is InChI=1S/C14H21NO5S/c1-4-10-8-11(12(21-10)14(17)18)20-9(2)13(16)15-6-5-7-19-3/h8-9H,4-7H2,1-3H3,(H,15,16)(H,17,18). The molecule has 0 saturated carbocycles. The summed E-state index contributed by atoms with van der Waals surface area (Å²) in [4.78, 5) is 24.1. The van der Waals surface area contributed by atoms with Crippen LogP contribution in [0.25, 0.3) is 0 Å². The highest BCUT2D eigenvalue weighted by atomic mass is 32.1. The zero-order chi connectivity index (χ0) is 15.8. The molecule has 7 heteroatoms. The van der Waals surface area contributed by atoms with Crippen molar-refractivity contribution >= 4 is 23.2 Å². The second-order valence-electron chi connectivity index (χ2n) is 4.46. The summed E-state index contributed by atoms with van der Waals surface area (Å²) < 4.78 is 10.4. The molecule has 1 unspecified atom stereocenters. The van der Waals surface area contributed by atoms with Crippen LogP contribution in [0, 0.1) is 0 Å². The van der Waals surface area contributed by atoms with E-state index in [9.17, 15) is 9.59 Å². The quantitative estimate of drug-likeness (QED) is 0.680. The lowest BCUT2D eigenvalue weighted by Crippen LogP contribution is -2.37. The molecular weight excluding hydrogens is 294 g/mol. The van der Waals surface area contributed by atoms with Gasteiger partial charge in [0.25, 0.3) is 5.91 Å². The molecule has 1 aromatic heterocycles. The van der Waals surface area contributed by atoms with Gasteiger partial charge in [-0.25, -0.2) is 4.79 Å². The molecule has 6 nitrogen and oxygen atoms in total. The molecule has 1 rings (SSSR count). The first-order valence-corrected chi connectivity index (χ1v) is 7.60. The number of methoxy groups -OCH3 is 1. The van der Waals surface area contributed by atoms with Crippen molar-refractivity contribution in [2.45, 2.75) is 32.8 Å². The van der Waals surface area contributed by atoms with E-state index in [1.54, 1.807) is 20.1 Å². The topological polar surface area (TPSA) is 84.9 Å². The van der Waals surface area contributed by atoms with E-state index in [-0.39, 0.29) is 16.5 Å². The minimum Gasteiger partial charge on any atom is -0.479 e. The molecule has 0 aromatic carbocycles. The Labute approximate surface area is 128 Å². The van der Waals surface area contributed by atoms with Gasteiger partial charge < -0.3 is 19.9 Å². The molecule has 1 amide bonds. The number of carbonyl (C=O) groups is 2. The largest absolute Gasteiger partial charge is 0.479 e. The first-order chi connectivity index (χ1) is 9.99. The highest BCUT2D eigenvalue weighted by Gasteiger charge is 2.21. The second-order valence-corrected chi connectivity index (χ2v) is 5.60. The number of hydrogen-bond donors (Lipinski definition) is 2. The summed E-state index contributed by atoms with van der Waals surface area (Å²) in [6.45, 7) is 4.60. The maximum atomic E-state index is 11.8. The highest BCUT2D eigenvalue weighted by Crippen LogP contribution is 2.30. The van der Waals surface area contributed by atoms with E-state index in [0.717, 1.165) is 11.3 Å². The maximum absolute atomic E-state index is 11.8. The summed E-state index contributed by atoms with van der Waals surface area (Å²) in [5, 5.41) is 11.9. The molecule has 0 aliphatic heterocycles. The highest BCUT2D eigenvalue weighted by molar-refractivity contribution is 7.14. The van der Waals surface area contributed by atoms with Crippen molar-refractivity contribution in [3.8, 4) is 5.75 Å². The van der Waals surface area contributed by atoms with E-state index < -0.39 is 12.1 Å². The summed E-state index contributed by atoms with van der Waals surface area (Å²) in [6, 6.07) is 1.68. The fraction of sp³-hybridized carbons (Fsp3) is 0.571. The SMILES string of the molecule is CCc1cc(OC(C)C(=O)NCCCOC)c(C(=O)O)s1. The van der Waals surface area contributed by atoms with Gasteiger partial charge in [-0.2, -0.15) is 0 Å². The molecule has 118 valence electrons. The molecule has 0 bridgehead atoms. The van der Waals surface area contributed by atoms with Gasteiger partial charge in [0.2, 0.25) is 0 Å². The van der Waals surface area contributed by atoms with Crippen LogP contribution in [0.3, 0.4) is 0 Å². The average Bonchev–Trinajstić information content (AvgIpc) is 2.86. The monoisotopic (exact) mass is 315 g/mol. The number of hydrogen-bond acceptors (Lipinski definition) is 5. The number of nitrogens with one attached hydrogen (secondary N) is 1. The van der Waals surface area contributed by atoms with E-state index in [4.69, 9.17) is 14.6 Å². The number of thiophene rings is 1. The fourth-order valence-corrected chi connectivity index (χ4v) is 2.52. The Balaban J connectivity index is 2.61. The van der Waals surface area contributed by atoms with Gasteiger partial charge in [0.15, 0.2) is 11.0 Å². The first-order valence-electron chi connectivity index (χ1n) is 6.78. The van der Waals surface area contributed by atoms with Gasteiger partial charge in [-0.05, 0) is 25.8 Å². The number of carboxylic acid groups (broad SMARTS) is 1. The Bertz CT molecular complexity index is 486. The van der Waals surface area contributed by atoms with E-state index >= 15 is 0 Å². The number of carboxylic acids is 1. The Hall–Kier alpha value is -1.60. The lowest BCUT2D eigenvalue weighted by Gasteiger charge is -2.14. The summed E-state index contributed by atoms with van der Waals surface area (Å²) >= 11 is 1.17. The number of amides is 1. The molecule has 0 aliphatic rings. The Morgan fingerprint density at radius 2 is 2.19 bits per heavy atom. The third-order valence-electron chi connectivity index (χ3n) is 2.79. The lowest BCUT2D eigenvalue weighted by atomic mass is 10.3. The zero-order valence-electron chi connectivity index (χ0n) is 12.5. The van der Waals surface area contributed by atoms with Gasteiger partial charge in [-0.1, -0.05) is 6.92 Å².